The molecule has 1 aromatic rings. The van der Waals surface area contributed by atoms with Gasteiger partial charge in [-0.2, -0.15) is 0 Å². The lowest BCUT2D eigenvalue weighted by atomic mass is 9.55. The Balaban J connectivity index is 1.73. The monoisotopic (exact) mass is 302 g/mol. The molecule has 3 heteroatoms. The number of phenolic OH excluding ortho intramolecular Hbond substituents is 1. The van der Waals surface area contributed by atoms with Gasteiger partial charge in [-0.3, -0.25) is 0 Å². The summed E-state index contributed by atoms with van der Waals surface area (Å²) in [7, 11) is 1.75. The molecule has 0 aromatic heterocycles. The summed E-state index contributed by atoms with van der Waals surface area (Å²) in [6.07, 6.45) is 5.07. The first kappa shape index (κ1) is 14.5. The predicted molar refractivity (Wildman–Crippen MR) is 84.9 cm³/mol. The quantitative estimate of drug-likeness (QED) is 0.837. The second-order valence-electron chi connectivity index (χ2n) is 7.88. The molecule has 0 saturated heterocycles. The molecule has 4 rings (SSSR count). The fourth-order valence-corrected chi connectivity index (χ4v) is 5.91. The molecule has 3 nitrogen and oxygen atoms in total. The molecule has 2 fully saturated rings. The minimum Gasteiger partial charge on any atom is -0.508 e. The summed E-state index contributed by atoms with van der Waals surface area (Å²) in [5, 5.41) is 20.2. The Morgan fingerprint density at radius 2 is 2.09 bits per heavy atom. The lowest BCUT2D eigenvalue weighted by molar-refractivity contribution is -0.0557. The fourth-order valence-electron chi connectivity index (χ4n) is 5.91. The lowest BCUT2D eigenvalue weighted by Crippen LogP contribution is -2.44. The average molecular weight is 302 g/mol. The van der Waals surface area contributed by atoms with Crippen molar-refractivity contribution in [1.82, 2.24) is 0 Å². The third-order valence-electron chi connectivity index (χ3n) is 6.76. The van der Waals surface area contributed by atoms with Crippen molar-refractivity contribution in [3.05, 3.63) is 29.3 Å². The Labute approximate surface area is 132 Å². The molecule has 3 aliphatic rings. The first-order valence-electron chi connectivity index (χ1n) is 8.56. The summed E-state index contributed by atoms with van der Waals surface area (Å²) in [6.45, 7) is 2.35. The molecule has 22 heavy (non-hydrogen) atoms. The van der Waals surface area contributed by atoms with Gasteiger partial charge in [-0.15, -0.1) is 0 Å². The van der Waals surface area contributed by atoms with Crippen LogP contribution in [0.3, 0.4) is 0 Å². The van der Waals surface area contributed by atoms with Crippen molar-refractivity contribution in [2.75, 3.05) is 7.11 Å². The van der Waals surface area contributed by atoms with E-state index in [2.05, 4.69) is 13.0 Å². The Kier molecular flexibility index (Phi) is 3.28. The summed E-state index contributed by atoms with van der Waals surface area (Å²) >= 11 is 0. The largest absolute Gasteiger partial charge is 0.508 e. The van der Waals surface area contributed by atoms with Crippen molar-refractivity contribution in [2.45, 2.75) is 57.2 Å². The van der Waals surface area contributed by atoms with Crippen LogP contribution in [-0.2, 0) is 11.2 Å². The van der Waals surface area contributed by atoms with Crippen LogP contribution in [0.2, 0.25) is 0 Å². The summed E-state index contributed by atoms with van der Waals surface area (Å²) < 4.78 is 5.72. The number of aliphatic hydroxyl groups is 1. The zero-order valence-corrected chi connectivity index (χ0v) is 13.5. The molecule has 2 saturated carbocycles. The van der Waals surface area contributed by atoms with Crippen LogP contribution in [0.25, 0.3) is 0 Å². The van der Waals surface area contributed by atoms with Gasteiger partial charge in [0.25, 0.3) is 0 Å². The predicted octanol–water partition coefficient (Wildman–Crippen LogP) is 3.23. The van der Waals surface area contributed by atoms with Gasteiger partial charge in [0, 0.05) is 7.11 Å². The number of hydrogen-bond acceptors (Lipinski definition) is 3. The number of aromatic hydroxyl groups is 1. The molecule has 0 amide bonds. The van der Waals surface area contributed by atoms with Crippen molar-refractivity contribution in [2.24, 2.45) is 17.3 Å². The molecule has 0 aliphatic heterocycles. The highest BCUT2D eigenvalue weighted by molar-refractivity contribution is 5.40. The molecule has 0 heterocycles. The van der Waals surface area contributed by atoms with Crippen LogP contribution in [0.15, 0.2) is 18.2 Å². The number of phenols is 1. The average Bonchev–Trinajstić information content (AvgIpc) is 2.76. The number of fused-ring (bicyclic) bond motifs is 5. The number of hydrogen-bond donors (Lipinski definition) is 2. The standard InChI is InChI=1S/C19H26O3/c1-19-8-7-14-13-6-4-12(20)9-11(13)3-5-15(14)17(19)18(22-2)16(21)10-19/h4,6,9,14-18,20-21H,3,5,7-8,10H2,1-2H3/t14-,15-,16+,17-,18-,19-/m1/s1. The Morgan fingerprint density at radius 3 is 2.86 bits per heavy atom. The smallest absolute Gasteiger partial charge is 0.115 e. The zero-order valence-electron chi connectivity index (χ0n) is 13.5. The maximum Gasteiger partial charge on any atom is 0.115 e. The van der Waals surface area contributed by atoms with Gasteiger partial charge in [-0.1, -0.05) is 13.0 Å². The summed E-state index contributed by atoms with van der Waals surface area (Å²) in [4.78, 5) is 0. The summed E-state index contributed by atoms with van der Waals surface area (Å²) in [5.41, 5.74) is 2.96. The Bertz CT molecular complexity index is 584. The van der Waals surface area contributed by atoms with Gasteiger partial charge in [-0.25, -0.2) is 0 Å². The number of methoxy groups -OCH3 is 1. The lowest BCUT2D eigenvalue weighted by Gasteiger charge is -2.50. The van der Waals surface area contributed by atoms with Gasteiger partial charge in [-0.05, 0) is 78.5 Å². The molecule has 3 aliphatic carbocycles. The van der Waals surface area contributed by atoms with Crippen molar-refractivity contribution in [3.8, 4) is 5.75 Å². The van der Waals surface area contributed by atoms with Gasteiger partial charge in [0.15, 0.2) is 0 Å². The molecule has 1 aromatic carbocycles. The van der Waals surface area contributed by atoms with E-state index in [0.717, 1.165) is 25.7 Å². The van der Waals surface area contributed by atoms with Crippen LogP contribution in [0.4, 0.5) is 0 Å². The van der Waals surface area contributed by atoms with E-state index >= 15 is 0 Å². The number of aryl methyl sites for hydroxylation is 1. The van der Waals surface area contributed by atoms with Crippen molar-refractivity contribution < 1.29 is 14.9 Å². The highest BCUT2D eigenvalue weighted by atomic mass is 16.5. The van der Waals surface area contributed by atoms with Crippen LogP contribution in [0, 0.1) is 17.3 Å². The highest BCUT2D eigenvalue weighted by Crippen LogP contribution is 2.61. The summed E-state index contributed by atoms with van der Waals surface area (Å²) in [6, 6.07) is 5.89. The molecule has 0 radical (unpaired) electrons. The maximum absolute atomic E-state index is 10.4. The van der Waals surface area contributed by atoms with E-state index in [1.54, 1.807) is 7.11 Å². The first-order valence-corrected chi connectivity index (χ1v) is 8.56. The topological polar surface area (TPSA) is 49.7 Å². The van der Waals surface area contributed by atoms with Crippen LogP contribution >= 0.6 is 0 Å². The highest BCUT2D eigenvalue weighted by Gasteiger charge is 2.57. The van der Waals surface area contributed by atoms with E-state index in [1.165, 1.54) is 17.5 Å². The third kappa shape index (κ3) is 1.95. The Hall–Kier alpha value is -1.06. The molecular weight excluding hydrogens is 276 g/mol. The number of rotatable bonds is 1. The summed E-state index contributed by atoms with van der Waals surface area (Å²) in [5.74, 6) is 1.99. The van der Waals surface area contributed by atoms with Crippen LogP contribution < -0.4 is 0 Å². The van der Waals surface area contributed by atoms with Crippen molar-refractivity contribution in [3.63, 3.8) is 0 Å². The molecule has 0 spiro atoms. The van der Waals surface area contributed by atoms with Crippen molar-refractivity contribution in [1.29, 1.82) is 0 Å². The maximum atomic E-state index is 10.4. The molecular formula is C19H26O3. The van der Waals surface area contributed by atoms with E-state index in [-0.39, 0.29) is 17.6 Å². The SMILES string of the molecule is CO[C@H]1[C@H]2[C@@H]3CCc4cc(O)ccc4[C@H]3CC[C@]2(C)C[C@@H]1O. The molecule has 6 atom stereocenters. The number of aliphatic hydroxyl groups excluding tert-OH is 1. The van der Waals surface area contributed by atoms with Crippen molar-refractivity contribution >= 4 is 0 Å². The van der Waals surface area contributed by atoms with Gasteiger partial charge >= 0.3 is 0 Å². The second kappa shape index (κ2) is 4.97. The molecule has 120 valence electrons. The van der Waals surface area contributed by atoms with E-state index < -0.39 is 0 Å². The van der Waals surface area contributed by atoms with Crippen LogP contribution in [0.1, 0.15) is 49.7 Å². The third-order valence-corrected chi connectivity index (χ3v) is 6.76. The zero-order chi connectivity index (χ0) is 15.5. The molecule has 0 bridgehead atoms. The molecule has 2 N–H and O–H groups in total. The van der Waals surface area contributed by atoms with E-state index in [4.69, 9.17) is 4.74 Å². The first-order chi connectivity index (χ1) is 10.5. The van der Waals surface area contributed by atoms with Crippen LogP contribution in [-0.4, -0.2) is 29.5 Å². The second-order valence-corrected chi connectivity index (χ2v) is 7.88. The van der Waals surface area contributed by atoms with Crippen LogP contribution in [0.5, 0.6) is 5.75 Å². The number of benzene rings is 1. The fraction of sp³-hybridized carbons (Fsp3) is 0.684. The Morgan fingerprint density at radius 1 is 1.27 bits per heavy atom. The van der Waals surface area contributed by atoms with E-state index in [0.29, 0.717) is 23.5 Å². The van der Waals surface area contributed by atoms with E-state index in [9.17, 15) is 10.2 Å². The minimum atomic E-state index is -0.319. The van der Waals surface area contributed by atoms with Gasteiger partial charge in [0.2, 0.25) is 0 Å². The molecule has 0 unspecified atom stereocenters. The van der Waals surface area contributed by atoms with Gasteiger partial charge < -0.3 is 14.9 Å². The normalized spacial score (nSPS) is 43.3. The van der Waals surface area contributed by atoms with Gasteiger partial charge in [0.1, 0.15) is 5.75 Å². The number of ether oxygens (including phenoxy) is 1. The minimum absolute atomic E-state index is 0.0172. The van der Waals surface area contributed by atoms with E-state index in [1.807, 2.05) is 12.1 Å². The van der Waals surface area contributed by atoms with Gasteiger partial charge in [0.05, 0.1) is 12.2 Å².